The van der Waals surface area contributed by atoms with Crippen LogP contribution >= 0.6 is 0 Å². The maximum absolute atomic E-state index is 13.9. The van der Waals surface area contributed by atoms with Crippen LogP contribution in [0.3, 0.4) is 0 Å². The Bertz CT molecular complexity index is 389. The highest BCUT2D eigenvalue weighted by Gasteiger charge is 2.39. The van der Waals surface area contributed by atoms with Crippen LogP contribution in [0.2, 0.25) is 0 Å². The minimum absolute atomic E-state index is 0.137. The van der Waals surface area contributed by atoms with Crippen molar-refractivity contribution in [2.24, 2.45) is 5.73 Å². The first kappa shape index (κ1) is 12.9. The van der Waals surface area contributed by atoms with Crippen LogP contribution in [-0.2, 0) is 5.92 Å². The monoisotopic (exact) mass is 229 g/mol. The third kappa shape index (κ3) is 2.16. The van der Waals surface area contributed by atoms with E-state index >= 15 is 0 Å². The third-order valence-corrected chi connectivity index (χ3v) is 2.55. The zero-order valence-electron chi connectivity index (χ0n) is 9.97. The molecule has 2 N–H and O–H groups in total. The topological polar surface area (TPSA) is 35.2 Å². The van der Waals surface area contributed by atoms with Crippen LogP contribution in [0, 0.1) is 13.8 Å². The molecule has 16 heavy (non-hydrogen) atoms. The molecular weight excluding hydrogens is 212 g/mol. The van der Waals surface area contributed by atoms with E-state index in [0.717, 1.165) is 5.56 Å². The van der Waals surface area contributed by atoms with Gasteiger partial charge in [-0.3, -0.25) is 0 Å². The zero-order chi connectivity index (χ0) is 12.5. The Hall–Kier alpha value is -1.16. The van der Waals surface area contributed by atoms with E-state index in [-0.39, 0.29) is 11.3 Å². The second-order valence-corrected chi connectivity index (χ2v) is 4.07. The maximum atomic E-state index is 13.9. The molecule has 1 atom stereocenters. The number of aryl methyl sites for hydroxylation is 2. The number of benzene rings is 1. The van der Waals surface area contributed by atoms with Crippen molar-refractivity contribution in [3.05, 3.63) is 28.8 Å². The number of hydrogen-bond acceptors (Lipinski definition) is 2. The van der Waals surface area contributed by atoms with Crippen molar-refractivity contribution >= 4 is 0 Å². The van der Waals surface area contributed by atoms with E-state index in [9.17, 15) is 8.78 Å². The number of methoxy groups -OCH3 is 1. The van der Waals surface area contributed by atoms with Crippen molar-refractivity contribution in [3.8, 4) is 5.75 Å². The van der Waals surface area contributed by atoms with Gasteiger partial charge in [0.15, 0.2) is 0 Å². The predicted molar refractivity (Wildman–Crippen MR) is 60.0 cm³/mol. The summed E-state index contributed by atoms with van der Waals surface area (Å²) in [7, 11) is 1.39. The first-order valence-electron chi connectivity index (χ1n) is 5.09. The zero-order valence-corrected chi connectivity index (χ0v) is 9.97. The van der Waals surface area contributed by atoms with Gasteiger partial charge in [-0.15, -0.1) is 0 Å². The lowest BCUT2D eigenvalue weighted by Crippen LogP contribution is -2.36. The Morgan fingerprint density at radius 1 is 1.31 bits per heavy atom. The lowest BCUT2D eigenvalue weighted by atomic mass is 9.97. The fourth-order valence-electron chi connectivity index (χ4n) is 1.72. The molecule has 2 nitrogen and oxygen atoms in total. The van der Waals surface area contributed by atoms with Crippen LogP contribution in [0.4, 0.5) is 8.78 Å². The van der Waals surface area contributed by atoms with E-state index in [0.29, 0.717) is 5.56 Å². The van der Waals surface area contributed by atoms with Crippen LogP contribution < -0.4 is 10.5 Å². The van der Waals surface area contributed by atoms with Crippen molar-refractivity contribution in [2.75, 3.05) is 7.11 Å². The van der Waals surface area contributed by atoms with Gasteiger partial charge in [0.1, 0.15) is 5.75 Å². The second kappa shape index (κ2) is 4.37. The number of hydrogen-bond donors (Lipinski definition) is 1. The molecular formula is C12H17F2NO. The third-order valence-electron chi connectivity index (χ3n) is 2.55. The Balaban J connectivity index is 3.42. The summed E-state index contributed by atoms with van der Waals surface area (Å²) in [5.41, 5.74) is 6.65. The summed E-state index contributed by atoms with van der Waals surface area (Å²) >= 11 is 0. The van der Waals surface area contributed by atoms with E-state index in [4.69, 9.17) is 10.5 Å². The quantitative estimate of drug-likeness (QED) is 0.865. The molecule has 0 spiro atoms. The van der Waals surface area contributed by atoms with E-state index in [1.165, 1.54) is 20.1 Å². The highest BCUT2D eigenvalue weighted by Crippen LogP contribution is 2.39. The summed E-state index contributed by atoms with van der Waals surface area (Å²) in [5.74, 6) is -2.87. The Morgan fingerprint density at radius 3 is 2.31 bits per heavy atom. The Labute approximate surface area is 94.4 Å². The number of nitrogens with two attached hydrogens (primary N) is 1. The number of alkyl halides is 2. The van der Waals surface area contributed by atoms with Gasteiger partial charge in [-0.25, -0.2) is 0 Å². The smallest absolute Gasteiger partial charge is 0.291 e. The number of ether oxygens (including phenoxy) is 1. The Kier molecular flexibility index (Phi) is 3.53. The van der Waals surface area contributed by atoms with Crippen LogP contribution in [0.15, 0.2) is 12.1 Å². The largest absolute Gasteiger partial charge is 0.496 e. The summed E-state index contributed by atoms with van der Waals surface area (Å²) in [4.78, 5) is 0. The van der Waals surface area contributed by atoms with Crippen LogP contribution in [0.25, 0.3) is 0 Å². The molecule has 0 bridgehead atoms. The summed E-state index contributed by atoms with van der Waals surface area (Å²) in [6.07, 6.45) is 0. The summed E-state index contributed by atoms with van der Waals surface area (Å²) in [6, 6.07) is 1.98. The molecule has 1 rings (SSSR count). The normalized spacial score (nSPS) is 13.7. The van der Waals surface area contributed by atoms with Gasteiger partial charge in [-0.2, -0.15) is 8.78 Å². The van der Waals surface area contributed by atoms with Crippen molar-refractivity contribution in [2.45, 2.75) is 32.7 Å². The highest BCUT2D eigenvalue weighted by molar-refractivity contribution is 5.46. The second-order valence-electron chi connectivity index (χ2n) is 4.07. The predicted octanol–water partition coefficient (Wildman–Crippen LogP) is 2.75. The SMILES string of the molecule is COc1c(C)cc(C)cc1C(F)(F)C(C)N. The number of rotatable bonds is 3. The molecule has 0 aliphatic rings. The molecule has 0 radical (unpaired) electrons. The molecule has 0 amide bonds. The van der Waals surface area contributed by atoms with Gasteiger partial charge >= 0.3 is 0 Å². The molecule has 4 heteroatoms. The van der Waals surface area contributed by atoms with Gasteiger partial charge in [0.05, 0.1) is 18.7 Å². The molecule has 0 heterocycles. The summed E-state index contributed by atoms with van der Waals surface area (Å²) < 4.78 is 32.8. The average Bonchev–Trinajstić information content (AvgIpc) is 2.16. The standard InChI is InChI=1S/C12H17F2NO/c1-7-5-8(2)11(16-4)10(6-7)12(13,14)9(3)15/h5-6,9H,15H2,1-4H3. The molecule has 90 valence electrons. The lowest BCUT2D eigenvalue weighted by molar-refractivity contribution is -0.0277. The Morgan fingerprint density at radius 2 is 1.88 bits per heavy atom. The van der Waals surface area contributed by atoms with Crippen molar-refractivity contribution < 1.29 is 13.5 Å². The maximum Gasteiger partial charge on any atom is 0.291 e. The molecule has 0 aliphatic heterocycles. The molecule has 0 saturated heterocycles. The molecule has 1 aromatic rings. The molecule has 0 aromatic heterocycles. The highest BCUT2D eigenvalue weighted by atomic mass is 19.3. The van der Waals surface area contributed by atoms with E-state index in [1.807, 2.05) is 0 Å². The van der Waals surface area contributed by atoms with E-state index in [2.05, 4.69) is 0 Å². The van der Waals surface area contributed by atoms with Crippen molar-refractivity contribution in [1.29, 1.82) is 0 Å². The molecule has 0 saturated carbocycles. The first-order valence-corrected chi connectivity index (χ1v) is 5.09. The molecule has 0 fully saturated rings. The molecule has 0 aliphatic carbocycles. The molecule has 1 aromatic carbocycles. The van der Waals surface area contributed by atoms with Gasteiger partial charge in [0, 0.05) is 0 Å². The van der Waals surface area contributed by atoms with Gasteiger partial charge in [-0.05, 0) is 32.4 Å². The van der Waals surface area contributed by atoms with Crippen molar-refractivity contribution in [1.82, 2.24) is 0 Å². The number of halogens is 2. The summed E-state index contributed by atoms with van der Waals surface area (Å²) in [5, 5.41) is 0. The minimum Gasteiger partial charge on any atom is -0.496 e. The average molecular weight is 229 g/mol. The fourth-order valence-corrected chi connectivity index (χ4v) is 1.72. The van der Waals surface area contributed by atoms with Crippen LogP contribution in [0.1, 0.15) is 23.6 Å². The summed E-state index contributed by atoms with van der Waals surface area (Å²) in [6.45, 7) is 4.80. The first-order chi connectivity index (χ1) is 7.30. The van der Waals surface area contributed by atoms with Gasteiger partial charge in [0.2, 0.25) is 0 Å². The van der Waals surface area contributed by atoms with Gasteiger partial charge in [-0.1, -0.05) is 11.6 Å². The molecule has 1 unspecified atom stereocenters. The van der Waals surface area contributed by atoms with Crippen LogP contribution in [-0.4, -0.2) is 13.2 Å². The lowest BCUT2D eigenvalue weighted by Gasteiger charge is -2.24. The van der Waals surface area contributed by atoms with Gasteiger partial charge in [0.25, 0.3) is 5.92 Å². The van der Waals surface area contributed by atoms with E-state index in [1.54, 1.807) is 19.9 Å². The van der Waals surface area contributed by atoms with Crippen LogP contribution in [0.5, 0.6) is 5.75 Å². The van der Waals surface area contributed by atoms with Gasteiger partial charge < -0.3 is 10.5 Å². The van der Waals surface area contributed by atoms with Crippen molar-refractivity contribution in [3.63, 3.8) is 0 Å². The minimum atomic E-state index is -3.08. The fraction of sp³-hybridized carbons (Fsp3) is 0.500. The van der Waals surface area contributed by atoms with E-state index < -0.39 is 12.0 Å².